The zero-order chi connectivity index (χ0) is 30.7. The molecule has 8 atom stereocenters. The van der Waals surface area contributed by atoms with Crippen molar-refractivity contribution < 1.29 is 23.8 Å². The summed E-state index contributed by atoms with van der Waals surface area (Å²) >= 11 is 0. The molecule has 236 valence electrons. The molecule has 1 aliphatic heterocycles. The van der Waals surface area contributed by atoms with E-state index in [2.05, 4.69) is 13.8 Å². The van der Waals surface area contributed by atoms with Gasteiger partial charge in [-0.15, -0.1) is 0 Å². The van der Waals surface area contributed by atoms with Crippen LogP contribution in [0.5, 0.6) is 0 Å². The van der Waals surface area contributed by atoms with E-state index in [1.807, 2.05) is 41.3 Å². The minimum Gasteiger partial charge on any atom is -0.446 e. The summed E-state index contributed by atoms with van der Waals surface area (Å²) in [5.41, 5.74) is 0.549. The quantitative estimate of drug-likeness (QED) is 0.474. The molecule has 2 aromatic rings. The van der Waals surface area contributed by atoms with Gasteiger partial charge in [-0.05, 0) is 111 Å². The van der Waals surface area contributed by atoms with Crippen molar-refractivity contribution in [2.24, 2.45) is 28.6 Å². The van der Waals surface area contributed by atoms with Crippen LogP contribution in [0, 0.1) is 28.6 Å². The molecule has 1 aromatic carbocycles. The summed E-state index contributed by atoms with van der Waals surface area (Å²) in [5.74, 6) is 1.40. The van der Waals surface area contributed by atoms with Crippen LogP contribution < -0.4 is 5.63 Å². The van der Waals surface area contributed by atoms with Gasteiger partial charge in [0.1, 0.15) is 6.10 Å². The molecule has 1 aromatic heterocycles. The lowest BCUT2D eigenvalue weighted by atomic mass is 9.43. The highest BCUT2D eigenvalue weighted by molar-refractivity contribution is 5.94. The first-order chi connectivity index (χ1) is 21.1. The lowest BCUT2D eigenvalue weighted by Gasteiger charge is -2.63. The van der Waals surface area contributed by atoms with Crippen molar-refractivity contribution in [3.8, 4) is 0 Å². The van der Waals surface area contributed by atoms with Crippen molar-refractivity contribution >= 4 is 12.0 Å². The summed E-state index contributed by atoms with van der Waals surface area (Å²) in [4.78, 5) is 41.2. The van der Waals surface area contributed by atoms with E-state index >= 15 is 0 Å². The second-order valence-corrected chi connectivity index (χ2v) is 14.8. The number of aliphatic hydroxyl groups is 1. The van der Waals surface area contributed by atoms with Crippen LogP contribution in [0.2, 0.25) is 0 Å². The Bertz CT molecular complexity index is 1430. The van der Waals surface area contributed by atoms with Gasteiger partial charge in [0.2, 0.25) is 0 Å². The highest BCUT2D eigenvalue weighted by Gasteiger charge is 2.67. The van der Waals surface area contributed by atoms with Crippen LogP contribution in [0.4, 0.5) is 4.79 Å². The summed E-state index contributed by atoms with van der Waals surface area (Å²) in [6.45, 7) is 6.72. The Morgan fingerprint density at radius 3 is 2.34 bits per heavy atom. The van der Waals surface area contributed by atoms with Crippen LogP contribution in [-0.4, -0.2) is 64.8 Å². The first kappa shape index (κ1) is 29.6. The van der Waals surface area contributed by atoms with Crippen molar-refractivity contribution in [1.82, 2.24) is 9.80 Å². The number of nitrogens with zero attached hydrogens (tertiary/aromatic N) is 2. The second-order valence-electron chi connectivity index (χ2n) is 14.8. The molecule has 0 unspecified atom stereocenters. The van der Waals surface area contributed by atoms with E-state index in [1.165, 1.54) is 6.07 Å². The number of piperazine rings is 1. The maximum atomic E-state index is 13.2. The lowest BCUT2D eigenvalue weighted by Crippen LogP contribution is -2.62. The Labute approximate surface area is 259 Å². The van der Waals surface area contributed by atoms with Crippen molar-refractivity contribution in [2.75, 3.05) is 26.2 Å². The SMILES string of the molecule is C[C@]12CC[C@H](OC(=O)N3CCN(C(=O)c4ccccc4)CC3)C[C@H]1CC[C@@H]1[C@@H]2CC[C@]2(C)[C@@H](c3ccc(=O)oc3)CC[C@]12O. The minimum absolute atomic E-state index is 0.00927. The Morgan fingerprint density at radius 1 is 0.864 bits per heavy atom. The molecule has 5 fully saturated rings. The lowest BCUT2D eigenvalue weighted by molar-refractivity contribution is -0.205. The average Bonchev–Trinajstić information content (AvgIpc) is 3.32. The van der Waals surface area contributed by atoms with Crippen LogP contribution in [0.15, 0.2) is 57.9 Å². The van der Waals surface area contributed by atoms with Gasteiger partial charge in [0, 0.05) is 43.2 Å². The molecule has 0 radical (unpaired) electrons. The molecule has 44 heavy (non-hydrogen) atoms. The number of hydrogen-bond acceptors (Lipinski definition) is 6. The van der Waals surface area contributed by atoms with Crippen LogP contribution in [-0.2, 0) is 4.74 Å². The monoisotopic (exact) mass is 602 g/mol. The van der Waals surface area contributed by atoms with Gasteiger partial charge in [0.15, 0.2) is 0 Å². The second kappa shape index (κ2) is 11.0. The largest absolute Gasteiger partial charge is 0.446 e. The normalized spacial score (nSPS) is 38.3. The third kappa shape index (κ3) is 4.70. The molecule has 5 aliphatic rings. The van der Waals surface area contributed by atoms with Gasteiger partial charge in [-0.2, -0.15) is 0 Å². The molecule has 2 amide bonds. The molecule has 4 saturated carbocycles. The Morgan fingerprint density at radius 2 is 1.61 bits per heavy atom. The fourth-order valence-corrected chi connectivity index (χ4v) is 10.5. The summed E-state index contributed by atoms with van der Waals surface area (Å²) < 4.78 is 11.4. The van der Waals surface area contributed by atoms with Gasteiger partial charge in [-0.3, -0.25) is 4.79 Å². The number of benzene rings is 1. The average molecular weight is 603 g/mol. The van der Waals surface area contributed by atoms with Crippen LogP contribution in [0.1, 0.15) is 93.5 Å². The summed E-state index contributed by atoms with van der Waals surface area (Å²) in [7, 11) is 0. The van der Waals surface area contributed by atoms with E-state index in [9.17, 15) is 19.5 Å². The zero-order valence-corrected chi connectivity index (χ0v) is 26.1. The molecule has 0 bridgehead atoms. The summed E-state index contributed by atoms with van der Waals surface area (Å²) in [5, 5.41) is 12.5. The number of fused-ring (bicyclic) bond motifs is 5. The van der Waals surface area contributed by atoms with Crippen LogP contribution in [0.25, 0.3) is 0 Å². The minimum atomic E-state index is -0.724. The van der Waals surface area contributed by atoms with E-state index in [4.69, 9.17) is 9.15 Å². The highest BCUT2D eigenvalue weighted by atomic mass is 16.6. The number of ether oxygens (including phenoxy) is 1. The van der Waals surface area contributed by atoms with Crippen molar-refractivity contribution in [1.29, 1.82) is 0 Å². The first-order valence-corrected chi connectivity index (χ1v) is 16.7. The van der Waals surface area contributed by atoms with Gasteiger partial charge in [0.25, 0.3) is 5.91 Å². The molecule has 2 heterocycles. The molecule has 7 rings (SSSR count). The summed E-state index contributed by atoms with van der Waals surface area (Å²) in [6, 6.07) is 12.7. The van der Waals surface area contributed by atoms with E-state index in [0.29, 0.717) is 43.6 Å². The predicted octanol–water partition coefficient (Wildman–Crippen LogP) is 5.84. The number of rotatable bonds is 3. The van der Waals surface area contributed by atoms with E-state index in [0.717, 1.165) is 63.4 Å². The number of amides is 2. The van der Waals surface area contributed by atoms with Gasteiger partial charge in [-0.1, -0.05) is 32.0 Å². The van der Waals surface area contributed by atoms with Crippen LogP contribution in [0.3, 0.4) is 0 Å². The van der Waals surface area contributed by atoms with Gasteiger partial charge < -0.3 is 24.1 Å². The van der Waals surface area contributed by atoms with Crippen LogP contribution >= 0.6 is 0 Å². The van der Waals surface area contributed by atoms with E-state index in [1.54, 1.807) is 11.2 Å². The molecule has 8 nitrogen and oxygen atoms in total. The smallest absolute Gasteiger partial charge is 0.410 e. The van der Waals surface area contributed by atoms with E-state index in [-0.39, 0.29) is 46.4 Å². The maximum Gasteiger partial charge on any atom is 0.410 e. The summed E-state index contributed by atoms with van der Waals surface area (Å²) in [6.07, 6.45) is 9.86. The molecule has 4 aliphatic carbocycles. The molecular formula is C36H46N2O6. The molecule has 1 N–H and O–H groups in total. The topological polar surface area (TPSA) is 100 Å². The number of carbonyl (C=O) groups is 2. The fraction of sp³-hybridized carbons (Fsp3) is 0.639. The van der Waals surface area contributed by atoms with E-state index < -0.39 is 5.60 Å². The Hall–Kier alpha value is -3.13. The van der Waals surface area contributed by atoms with Gasteiger partial charge >= 0.3 is 11.7 Å². The number of hydrogen-bond donors (Lipinski definition) is 1. The highest BCUT2D eigenvalue weighted by Crippen LogP contribution is 2.70. The van der Waals surface area contributed by atoms with Crippen molar-refractivity contribution in [3.05, 3.63) is 70.3 Å². The Kier molecular flexibility index (Phi) is 7.42. The fourth-order valence-electron chi connectivity index (χ4n) is 10.5. The third-order valence-corrected chi connectivity index (χ3v) is 13.0. The zero-order valence-electron chi connectivity index (χ0n) is 26.1. The molecular weight excluding hydrogens is 556 g/mol. The predicted molar refractivity (Wildman–Crippen MR) is 165 cm³/mol. The molecule has 0 spiro atoms. The Balaban J connectivity index is 0.968. The van der Waals surface area contributed by atoms with Crippen molar-refractivity contribution in [3.63, 3.8) is 0 Å². The van der Waals surface area contributed by atoms with Gasteiger partial charge in [0.05, 0.1) is 11.9 Å². The first-order valence-electron chi connectivity index (χ1n) is 16.7. The standard InChI is InChI=1S/C36H46N2O6/c1-34-15-12-27(44-33(41)38-20-18-37(19-21-38)32(40)24-6-4-3-5-7-24)22-26(34)9-10-30-29(34)13-16-35(2)28(14-17-36(30,35)42)25-8-11-31(39)43-23-25/h3-8,11,23,26-30,42H,9-10,12-22H2,1-2H3/t26-,27+,28-,29+,30-,34+,35-,36+/m1/s1. The molecule has 8 heteroatoms. The third-order valence-electron chi connectivity index (χ3n) is 13.0. The maximum absolute atomic E-state index is 13.2. The number of carbonyl (C=O) groups excluding carboxylic acids is 2. The van der Waals surface area contributed by atoms with Crippen molar-refractivity contribution in [2.45, 2.75) is 89.3 Å². The molecule has 1 saturated heterocycles. The van der Waals surface area contributed by atoms with Gasteiger partial charge in [-0.25, -0.2) is 9.59 Å².